The molecule has 2 aromatic rings. The Balaban J connectivity index is 2.59. The average molecular weight is 175 g/mol. The van der Waals surface area contributed by atoms with E-state index in [1.807, 2.05) is 37.3 Å². The molecular weight excluding hydrogens is 166 g/mol. The van der Waals surface area contributed by atoms with E-state index in [1.54, 1.807) is 0 Å². The fourth-order valence-electron chi connectivity index (χ4n) is 1.27. The van der Waals surface area contributed by atoms with Gasteiger partial charge in [-0.1, -0.05) is 30.3 Å². The molecule has 0 unspecified atom stereocenters. The summed E-state index contributed by atoms with van der Waals surface area (Å²) >= 11 is 0. The Bertz CT molecular complexity index is 453. The Labute approximate surface area is 75.0 Å². The monoisotopic (exact) mass is 175 g/mol. The summed E-state index contributed by atoms with van der Waals surface area (Å²) in [6, 6.07) is 9.53. The van der Waals surface area contributed by atoms with Gasteiger partial charge in [0.05, 0.1) is 5.69 Å². The van der Waals surface area contributed by atoms with Crippen LogP contribution in [0.5, 0.6) is 0 Å². The molecule has 0 spiro atoms. The van der Waals surface area contributed by atoms with Crippen molar-refractivity contribution in [3.05, 3.63) is 46.6 Å². The summed E-state index contributed by atoms with van der Waals surface area (Å²) in [6.45, 7) is 1.81. The van der Waals surface area contributed by atoms with E-state index in [9.17, 15) is 4.79 Å². The third-order valence-electron chi connectivity index (χ3n) is 1.86. The minimum absolute atomic E-state index is 0.406. The van der Waals surface area contributed by atoms with Crippen LogP contribution < -0.4 is 5.76 Å². The van der Waals surface area contributed by atoms with Crippen LogP contribution in [0.4, 0.5) is 0 Å². The molecular formula is C10H9NO2. The van der Waals surface area contributed by atoms with E-state index >= 15 is 0 Å². The number of benzene rings is 1. The number of aryl methyl sites for hydroxylation is 1. The van der Waals surface area contributed by atoms with E-state index in [0.29, 0.717) is 5.76 Å². The molecule has 1 N–H and O–H groups in total. The third-order valence-corrected chi connectivity index (χ3v) is 1.86. The van der Waals surface area contributed by atoms with Crippen molar-refractivity contribution < 1.29 is 4.42 Å². The van der Waals surface area contributed by atoms with Crippen LogP contribution in [0.1, 0.15) is 5.69 Å². The van der Waals surface area contributed by atoms with Crippen LogP contribution in [0.25, 0.3) is 11.3 Å². The van der Waals surface area contributed by atoms with E-state index < -0.39 is 5.76 Å². The molecule has 0 saturated carbocycles. The smallest absolute Gasteiger partial charge is 0.408 e. The predicted octanol–water partition coefficient (Wildman–Crippen LogP) is 1.94. The number of aromatic nitrogens is 1. The summed E-state index contributed by atoms with van der Waals surface area (Å²) in [7, 11) is 0. The normalized spacial score (nSPS) is 10.2. The van der Waals surface area contributed by atoms with Crippen LogP contribution in [0.3, 0.4) is 0 Å². The maximum Gasteiger partial charge on any atom is 0.417 e. The quantitative estimate of drug-likeness (QED) is 0.719. The van der Waals surface area contributed by atoms with Crippen LogP contribution in [0.15, 0.2) is 39.5 Å². The van der Waals surface area contributed by atoms with E-state index in [1.165, 1.54) is 0 Å². The van der Waals surface area contributed by atoms with Crippen LogP contribution in [0, 0.1) is 6.92 Å². The van der Waals surface area contributed by atoms with Gasteiger partial charge in [0.15, 0.2) is 5.76 Å². The molecule has 0 aliphatic carbocycles. The molecule has 66 valence electrons. The maximum atomic E-state index is 10.9. The number of oxazole rings is 1. The van der Waals surface area contributed by atoms with Gasteiger partial charge in [0.1, 0.15) is 0 Å². The molecule has 0 atom stereocenters. The Hall–Kier alpha value is -1.77. The van der Waals surface area contributed by atoms with Gasteiger partial charge in [-0.2, -0.15) is 0 Å². The summed E-state index contributed by atoms with van der Waals surface area (Å²) in [5.74, 6) is 0.210. The minimum Gasteiger partial charge on any atom is -0.408 e. The highest BCUT2D eigenvalue weighted by Gasteiger charge is 2.06. The molecule has 3 nitrogen and oxygen atoms in total. The van der Waals surface area contributed by atoms with E-state index in [4.69, 9.17) is 4.42 Å². The molecule has 1 aromatic carbocycles. The number of H-pyrrole nitrogens is 1. The number of rotatable bonds is 1. The molecule has 0 fully saturated rings. The molecule has 0 bridgehead atoms. The van der Waals surface area contributed by atoms with Gasteiger partial charge in [0.2, 0.25) is 0 Å². The Kier molecular flexibility index (Phi) is 1.77. The lowest BCUT2D eigenvalue weighted by atomic mass is 10.1. The summed E-state index contributed by atoms with van der Waals surface area (Å²) in [6.07, 6.45) is 0. The first-order valence-corrected chi connectivity index (χ1v) is 4.02. The first-order chi connectivity index (χ1) is 6.27. The van der Waals surface area contributed by atoms with Gasteiger partial charge in [-0.3, -0.25) is 4.98 Å². The van der Waals surface area contributed by atoms with Crippen molar-refractivity contribution in [3.63, 3.8) is 0 Å². The van der Waals surface area contributed by atoms with Crippen LogP contribution in [-0.2, 0) is 0 Å². The fraction of sp³-hybridized carbons (Fsp3) is 0.100. The average Bonchev–Trinajstić information content (AvgIpc) is 2.47. The van der Waals surface area contributed by atoms with Crippen LogP contribution >= 0.6 is 0 Å². The molecule has 0 aliphatic rings. The topological polar surface area (TPSA) is 46.0 Å². The van der Waals surface area contributed by atoms with Crippen molar-refractivity contribution in [2.75, 3.05) is 0 Å². The molecule has 3 heteroatoms. The zero-order valence-corrected chi connectivity index (χ0v) is 7.20. The number of hydrogen-bond donors (Lipinski definition) is 1. The van der Waals surface area contributed by atoms with Crippen molar-refractivity contribution in [2.45, 2.75) is 6.92 Å². The van der Waals surface area contributed by atoms with Crippen molar-refractivity contribution in [2.24, 2.45) is 0 Å². The van der Waals surface area contributed by atoms with E-state index in [-0.39, 0.29) is 0 Å². The van der Waals surface area contributed by atoms with Gasteiger partial charge in [-0.15, -0.1) is 0 Å². The van der Waals surface area contributed by atoms with E-state index in [0.717, 1.165) is 11.3 Å². The molecule has 0 amide bonds. The highest BCUT2D eigenvalue weighted by atomic mass is 16.4. The first kappa shape index (κ1) is 7.86. The number of aromatic amines is 1. The van der Waals surface area contributed by atoms with Gasteiger partial charge < -0.3 is 4.42 Å². The summed E-state index contributed by atoms with van der Waals surface area (Å²) in [5.41, 5.74) is 1.68. The standard InChI is InChI=1S/C10H9NO2/c1-7-9(13-10(12)11-7)8-5-3-2-4-6-8/h2-6H,1H3,(H,11,12). The van der Waals surface area contributed by atoms with Crippen molar-refractivity contribution in [1.29, 1.82) is 0 Å². The zero-order valence-electron chi connectivity index (χ0n) is 7.20. The highest BCUT2D eigenvalue weighted by Crippen LogP contribution is 2.19. The maximum absolute atomic E-state index is 10.9. The molecule has 0 aliphatic heterocycles. The lowest BCUT2D eigenvalue weighted by Gasteiger charge is -1.94. The van der Waals surface area contributed by atoms with Gasteiger partial charge in [-0.05, 0) is 6.92 Å². The molecule has 0 radical (unpaired) electrons. The second kappa shape index (κ2) is 2.94. The number of nitrogens with one attached hydrogen (secondary N) is 1. The second-order valence-corrected chi connectivity index (χ2v) is 2.83. The highest BCUT2D eigenvalue weighted by molar-refractivity contribution is 5.58. The van der Waals surface area contributed by atoms with Gasteiger partial charge in [0.25, 0.3) is 0 Å². The summed E-state index contributed by atoms with van der Waals surface area (Å²) in [4.78, 5) is 13.4. The zero-order chi connectivity index (χ0) is 9.26. The van der Waals surface area contributed by atoms with Gasteiger partial charge >= 0.3 is 5.76 Å². The third kappa shape index (κ3) is 1.40. The van der Waals surface area contributed by atoms with Crippen molar-refractivity contribution in [3.8, 4) is 11.3 Å². The Morgan fingerprint density at radius 3 is 2.46 bits per heavy atom. The lowest BCUT2D eigenvalue weighted by molar-refractivity contribution is 0.528. The molecule has 13 heavy (non-hydrogen) atoms. The van der Waals surface area contributed by atoms with Gasteiger partial charge in [-0.25, -0.2) is 4.79 Å². The molecule has 2 rings (SSSR count). The SMILES string of the molecule is Cc1[nH]c(=O)oc1-c1ccccc1. The summed E-state index contributed by atoms with van der Waals surface area (Å²) < 4.78 is 4.99. The molecule has 1 heterocycles. The van der Waals surface area contributed by atoms with E-state index in [2.05, 4.69) is 4.98 Å². The van der Waals surface area contributed by atoms with Gasteiger partial charge in [0, 0.05) is 5.56 Å². The summed E-state index contributed by atoms with van der Waals surface area (Å²) in [5, 5.41) is 0. The minimum atomic E-state index is -0.406. The Morgan fingerprint density at radius 2 is 1.92 bits per heavy atom. The van der Waals surface area contributed by atoms with Crippen molar-refractivity contribution in [1.82, 2.24) is 4.98 Å². The van der Waals surface area contributed by atoms with Crippen molar-refractivity contribution >= 4 is 0 Å². The Morgan fingerprint density at radius 1 is 1.23 bits per heavy atom. The predicted molar refractivity (Wildman–Crippen MR) is 49.5 cm³/mol. The lowest BCUT2D eigenvalue weighted by Crippen LogP contribution is -1.94. The molecule has 0 saturated heterocycles. The van der Waals surface area contributed by atoms with Crippen LogP contribution in [-0.4, -0.2) is 4.98 Å². The fourth-order valence-corrected chi connectivity index (χ4v) is 1.27. The van der Waals surface area contributed by atoms with Crippen LogP contribution in [0.2, 0.25) is 0 Å². The second-order valence-electron chi connectivity index (χ2n) is 2.83. The number of hydrogen-bond acceptors (Lipinski definition) is 2. The first-order valence-electron chi connectivity index (χ1n) is 4.02. The molecule has 1 aromatic heterocycles. The largest absolute Gasteiger partial charge is 0.417 e.